The molecule has 2 aliphatic rings. The van der Waals surface area contributed by atoms with E-state index in [0.29, 0.717) is 6.54 Å². The summed E-state index contributed by atoms with van der Waals surface area (Å²) in [5, 5.41) is 6.19. The lowest BCUT2D eigenvalue weighted by atomic mass is 9.75. The highest BCUT2D eigenvalue weighted by atomic mass is 16.5. The first-order valence-corrected chi connectivity index (χ1v) is 8.89. The Bertz CT molecular complexity index is 582. The number of benzene rings is 1. The summed E-state index contributed by atoms with van der Waals surface area (Å²) in [5.74, 6) is 0.853. The molecule has 5 nitrogen and oxygen atoms in total. The highest BCUT2D eigenvalue weighted by molar-refractivity contribution is 5.74. The molecular weight excluding hydrogens is 304 g/mol. The van der Waals surface area contributed by atoms with E-state index in [2.05, 4.69) is 10.6 Å². The van der Waals surface area contributed by atoms with Gasteiger partial charge in [-0.05, 0) is 55.2 Å². The van der Waals surface area contributed by atoms with Crippen LogP contribution in [0.4, 0.5) is 4.79 Å². The number of aryl methyl sites for hydroxylation is 1. The summed E-state index contributed by atoms with van der Waals surface area (Å²) in [4.78, 5) is 12.3. The zero-order chi connectivity index (χ0) is 17.0. The van der Waals surface area contributed by atoms with E-state index in [-0.39, 0.29) is 17.5 Å². The fourth-order valence-corrected chi connectivity index (χ4v) is 4.11. The fourth-order valence-electron chi connectivity index (χ4n) is 4.11. The van der Waals surface area contributed by atoms with E-state index in [4.69, 9.17) is 9.47 Å². The van der Waals surface area contributed by atoms with Gasteiger partial charge in [0.25, 0.3) is 0 Å². The average Bonchev–Trinajstić information content (AvgIpc) is 2.96. The Morgan fingerprint density at radius 3 is 2.88 bits per heavy atom. The summed E-state index contributed by atoms with van der Waals surface area (Å²) in [6, 6.07) is 6.21. The Labute approximate surface area is 144 Å². The lowest BCUT2D eigenvalue weighted by molar-refractivity contribution is 0.00623. The zero-order valence-corrected chi connectivity index (χ0v) is 14.7. The summed E-state index contributed by atoms with van der Waals surface area (Å²) in [7, 11) is 1.67. The molecule has 2 fully saturated rings. The third-order valence-electron chi connectivity index (χ3n) is 5.63. The fraction of sp³-hybridized carbons (Fsp3) is 0.632. The molecule has 1 aliphatic heterocycles. The molecular formula is C19H28N2O3. The second-order valence-electron chi connectivity index (χ2n) is 7.05. The molecule has 1 saturated heterocycles. The second kappa shape index (κ2) is 7.43. The van der Waals surface area contributed by atoms with Crippen molar-refractivity contribution in [1.29, 1.82) is 0 Å². The van der Waals surface area contributed by atoms with Gasteiger partial charge >= 0.3 is 6.03 Å². The monoisotopic (exact) mass is 332 g/mol. The first-order chi connectivity index (χ1) is 11.6. The van der Waals surface area contributed by atoms with E-state index < -0.39 is 0 Å². The van der Waals surface area contributed by atoms with Crippen molar-refractivity contribution in [2.24, 2.45) is 5.41 Å². The van der Waals surface area contributed by atoms with E-state index in [1.54, 1.807) is 7.11 Å². The van der Waals surface area contributed by atoms with Crippen LogP contribution in [0, 0.1) is 12.3 Å². The minimum absolute atomic E-state index is 0.0766. The smallest absolute Gasteiger partial charge is 0.315 e. The Morgan fingerprint density at radius 2 is 2.12 bits per heavy atom. The van der Waals surface area contributed by atoms with Crippen LogP contribution < -0.4 is 15.4 Å². The summed E-state index contributed by atoms with van der Waals surface area (Å²) in [5.41, 5.74) is 2.39. The van der Waals surface area contributed by atoms with Gasteiger partial charge in [-0.25, -0.2) is 4.79 Å². The lowest BCUT2D eigenvalue weighted by Crippen LogP contribution is -2.50. The number of ether oxygens (including phenoxy) is 2. The number of urea groups is 1. The van der Waals surface area contributed by atoms with Crippen LogP contribution in [-0.4, -0.2) is 32.4 Å². The Kier molecular flexibility index (Phi) is 5.29. The molecule has 1 unspecified atom stereocenters. The summed E-state index contributed by atoms with van der Waals surface area (Å²) >= 11 is 0. The van der Waals surface area contributed by atoms with Gasteiger partial charge in [0.05, 0.1) is 7.11 Å². The quantitative estimate of drug-likeness (QED) is 0.890. The molecule has 0 radical (unpaired) electrons. The van der Waals surface area contributed by atoms with Crippen molar-refractivity contribution in [2.75, 3.05) is 20.3 Å². The van der Waals surface area contributed by atoms with E-state index in [0.717, 1.165) is 49.4 Å². The SMILES string of the molecule is COc1cc(CNC(=O)NC2CCCC23CCOCC3)ccc1C. The van der Waals surface area contributed by atoms with Crippen LogP contribution >= 0.6 is 0 Å². The summed E-state index contributed by atoms with van der Waals surface area (Å²) in [6.07, 6.45) is 5.60. The molecule has 24 heavy (non-hydrogen) atoms. The first kappa shape index (κ1) is 17.1. The number of amides is 2. The van der Waals surface area contributed by atoms with Crippen molar-refractivity contribution >= 4 is 6.03 Å². The average molecular weight is 332 g/mol. The Morgan fingerprint density at radius 1 is 1.33 bits per heavy atom. The number of hydrogen-bond acceptors (Lipinski definition) is 3. The predicted molar refractivity (Wildman–Crippen MR) is 93.2 cm³/mol. The third-order valence-corrected chi connectivity index (χ3v) is 5.63. The Balaban J connectivity index is 1.54. The minimum Gasteiger partial charge on any atom is -0.496 e. The van der Waals surface area contributed by atoms with Crippen LogP contribution in [0.3, 0.4) is 0 Å². The van der Waals surface area contributed by atoms with Crippen molar-refractivity contribution < 1.29 is 14.3 Å². The number of carbonyl (C=O) groups is 1. The molecule has 132 valence electrons. The zero-order valence-electron chi connectivity index (χ0n) is 14.7. The van der Waals surface area contributed by atoms with Crippen LogP contribution in [0.5, 0.6) is 5.75 Å². The minimum atomic E-state index is -0.0766. The molecule has 1 aliphatic carbocycles. The van der Waals surface area contributed by atoms with E-state index >= 15 is 0 Å². The van der Waals surface area contributed by atoms with Crippen molar-refractivity contribution in [3.8, 4) is 5.75 Å². The normalized spacial score (nSPS) is 22.3. The molecule has 1 saturated carbocycles. The van der Waals surface area contributed by atoms with Gasteiger partial charge in [0.1, 0.15) is 5.75 Å². The maximum atomic E-state index is 12.3. The molecule has 3 rings (SSSR count). The molecule has 1 atom stereocenters. The van der Waals surface area contributed by atoms with Crippen molar-refractivity contribution in [1.82, 2.24) is 10.6 Å². The topological polar surface area (TPSA) is 59.6 Å². The second-order valence-corrected chi connectivity index (χ2v) is 7.05. The van der Waals surface area contributed by atoms with Gasteiger partial charge in [-0.1, -0.05) is 18.6 Å². The first-order valence-electron chi connectivity index (χ1n) is 8.89. The predicted octanol–water partition coefficient (Wildman–Crippen LogP) is 3.15. The van der Waals surface area contributed by atoms with Crippen LogP contribution in [0.2, 0.25) is 0 Å². The van der Waals surface area contributed by atoms with Crippen LogP contribution in [0.25, 0.3) is 0 Å². The van der Waals surface area contributed by atoms with Gasteiger partial charge in [0.2, 0.25) is 0 Å². The lowest BCUT2D eigenvalue weighted by Gasteiger charge is -2.39. The van der Waals surface area contributed by atoms with Gasteiger partial charge in [-0.15, -0.1) is 0 Å². The number of carbonyl (C=O) groups excluding carboxylic acids is 1. The number of hydrogen-bond donors (Lipinski definition) is 2. The third kappa shape index (κ3) is 3.66. The van der Waals surface area contributed by atoms with Crippen LogP contribution in [0.15, 0.2) is 18.2 Å². The highest BCUT2D eigenvalue weighted by Gasteiger charge is 2.44. The van der Waals surface area contributed by atoms with Gasteiger partial charge < -0.3 is 20.1 Å². The Hall–Kier alpha value is -1.75. The summed E-state index contributed by atoms with van der Waals surface area (Å²) in [6.45, 7) is 4.16. The largest absolute Gasteiger partial charge is 0.496 e. The molecule has 0 aromatic heterocycles. The van der Waals surface area contributed by atoms with Gasteiger partial charge in [0.15, 0.2) is 0 Å². The maximum Gasteiger partial charge on any atom is 0.315 e. The molecule has 1 spiro atoms. The standard InChI is InChI=1S/C19H28N2O3/c1-14-5-6-15(12-16(14)23-2)13-20-18(22)21-17-4-3-7-19(17)8-10-24-11-9-19/h5-6,12,17H,3-4,7-11,13H2,1-2H3,(H2,20,21,22). The van der Waals surface area contributed by atoms with Crippen LogP contribution in [0.1, 0.15) is 43.2 Å². The molecule has 1 aromatic rings. The van der Waals surface area contributed by atoms with E-state index in [9.17, 15) is 4.79 Å². The molecule has 2 amide bonds. The van der Waals surface area contributed by atoms with Crippen LogP contribution in [-0.2, 0) is 11.3 Å². The number of nitrogens with one attached hydrogen (secondary N) is 2. The van der Waals surface area contributed by atoms with Crippen molar-refractivity contribution in [3.05, 3.63) is 29.3 Å². The van der Waals surface area contributed by atoms with Gasteiger partial charge in [-0.3, -0.25) is 0 Å². The van der Waals surface area contributed by atoms with Gasteiger partial charge in [0, 0.05) is 25.8 Å². The van der Waals surface area contributed by atoms with E-state index in [1.165, 1.54) is 12.8 Å². The summed E-state index contributed by atoms with van der Waals surface area (Å²) < 4.78 is 10.8. The maximum absolute atomic E-state index is 12.3. The number of methoxy groups -OCH3 is 1. The van der Waals surface area contributed by atoms with Crippen molar-refractivity contribution in [2.45, 2.75) is 51.6 Å². The van der Waals surface area contributed by atoms with Gasteiger partial charge in [-0.2, -0.15) is 0 Å². The van der Waals surface area contributed by atoms with E-state index in [1.807, 2.05) is 25.1 Å². The molecule has 0 bridgehead atoms. The molecule has 1 aromatic carbocycles. The molecule has 1 heterocycles. The molecule has 5 heteroatoms. The molecule has 2 N–H and O–H groups in total. The highest BCUT2D eigenvalue weighted by Crippen LogP contribution is 2.45. The van der Waals surface area contributed by atoms with Crippen molar-refractivity contribution in [3.63, 3.8) is 0 Å². The number of rotatable bonds is 4.